The third-order valence-electron chi connectivity index (χ3n) is 2.92. The smallest absolute Gasteiger partial charge is 0.133 e. The lowest BCUT2D eigenvalue weighted by molar-refractivity contribution is 0.315. The Bertz CT molecular complexity index is 571. The highest BCUT2D eigenvalue weighted by Gasteiger charge is 2.15. The Morgan fingerprint density at radius 2 is 2.05 bits per heavy atom. The Morgan fingerprint density at radius 3 is 2.60 bits per heavy atom. The van der Waals surface area contributed by atoms with Crippen molar-refractivity contribution < 1.29 is 4.74 Å². The minimum atomic E-state index is 0.197. The molecule has 0 amide bonds. The molecule has 2 aromatic rings. The van der Waals surface area contributed by atoms with Crippen molar-refractivity contribution in [2.45, 2.75) is 19.4 Å². The molecule has 0 fully saturated rings. The monoisotopic (exact) mass is 417 g/mol. The van der Waals surface area contributed by atoms with E-state index in [9.17, 15) is 0 Å². The molecule has 1 atom stereocenters. The van der Waals surface area contributed by atoms with E-state index in [4.69, 9.17) is 4.74 Å². The van der Waals surface area contributed by atoms with Crippen molar-refractivity contribution >= 4 is 43.2 Å². The second-order valence-corrected chi connectivity index (χ2v) is 7.75. The van der Waals surface area contributed by atoms with Crippen LogP contribution in [0.25, 0.3) is 0 Å². The van der Waals surface area contributed by atoms with Crippen molar-refractivity contribution in [1.29, 1.82) is 0 Å². The first kappa shape index (κ1) is 16.0. The molecule has 1 unspecified atom stereocenters. The molecule has 1 heterocycles. The molecule has 1 N–H and O–H groups in total. The Kier molecular flexibility index (Phi) is 6.08. The van der Waals surface area contributed by atoms with Crippen LogP contribution in [0, 0.1) is 0 Å². The molecule has 5 heteroatoms. The minimum absolute atomic E-state index is 0.197. The highest BCUT2D eigenvalue weighted by atomic mass is 79.9. The Labute approximate surface area is 140 Å². The Balaban J connectivity index is 2.24. The normalized spacial score (nSPS) is 12.4. The predicted octanol–water partition coefficient (Wildman–Crippen LogP) is 5.37. The van der Waals surface area contributed by atoms with Gasteiger partial charge in [-0.15, -0.1) is 11.3 Å². The molecule has 0 saturated heterocycles. The molecule has 0 aliphatic carbocycles. The van der Waals surface area contributed by atoms with Crippen molar-refractivity contribution in [2.75, 3.05) is 13.7 Å². The maximum Gasteiger partial charge on any atom is 0.133 e. The standard InChI is InChI=1S/C15H17Br2NOS/c1-3-8-19-12-5-4-10(9-11(12)16)15(18-2)13-6-7-14(17)20-13/h4-7,9,15,18H,3,8H2,1-2H3. The van der Waals surface area contributed by atoms with Crippen LogP contribution < -0.4 is 10.1 Å². The Hall–Kier alpha value is -0.360. The molecule has 0 radical (unpaired) electrons. The summed E-state index contributed by atoms with van der Waals surface area (Å²) >= 11 is 8.86. The molecular weight excluding hydrogens is 402 g/mol. The molecule has 0 spiro atoms. The quantitative estimate of drug-likeness (QED) is 0.680. The second-order valence-electron chi connectivity index (χ2n) is 4.40. The summed E-state index contributed by atoms with van der Waals surface area (Å²) in [4.78, 5) is 1.29. The number of rotatable bonds is 6. The first-order valence-electron chi connectivity index (χ1n) is 6.50. The largest absolute Gasteiger partial charge is 0.492 e. The highest BCUT2D eigenvalue weighted by Crippen LogP contribution is 2.34. The molecule has 0 saturated carbocycles. The molecule has 0 aliphatic heterocycles. The van der Waals surface area contributed by atoms with Gasteiger partial charge in [-0.3, -0.25) is 0 Å². The van der Waals surface area contributed by atoms with Gasteiger partial charge in [0.1, 0.15) is 5.75 Å². The zero-order valence-corrected chi connectivity index (χ0v) is 15.4. The number of ether oxygens (including phenoxy) is 1. The van der Waals surface area contributed by atoms with Gasteiger partial charge in [-0.05, 0) is 75.2 Å². The third-order valence-corrected chi connectivity index (χ3v) is 5.23. The van der Waals surface area contributed by atoms with E-state index >= 15 is 0 Å². The van der Waals surface area contributed by atoms with E-state index in [1.807, 2.05) is 13.1 Å². The summed E-state index contributed by atoms with van der Waals surface area (Å²) < 4.78 is 7.84. The zero-order valence-electron chi connectivity index (χ0n) is 11.5. The van der Waals surface area contributed by atoms with Crippen LogP contribution in [0.5, 0.6) is 5.75 Å². The number of halogens is 2. The van der Waals surface area contributed by atoms with Gasteiger partial charge in [0, 0.05) is 4.88 Å². The van der Waals surface area contributed by atoms with Crippen LogP contribution in [0.1, 0.15) is 29.8 Å². The summed E-state index contributed by atoms with van der Waals surface area (Å²) in [5, 5.41) is 3.37. The van der Waals surface area contributed by atoms with Crippen molar-refractivity contribution in [3.05, 3.63) is 49.0 Å². The minimum Gasteiger partial charge on any atom is -0.492 e. The Morgan fingerprint density at radius 1 is 1.25 bits per heavy atom. The lowest BCUT2D eigenvalue weighted by atomic mass is 10.1. The predicted molar refractivity (Wildman–Crippen MR) is 92.8 cm³/mol. The summed E-state index contributed by atoms with van der Waals surface area (Å²) in [6.45, 7) is 2.85. The molecule has 20 heavy (non-hydrogen) atoms. The zero-order chi connectivity index (χ0) is 14.5. The van der Waals surface area contributed by atoms with Crippen molar-refractivity contribution in [2.24, 2.45) is 0 Å². The van der Waals surface area contributed by atoms with E-state index in [0.717, 1.165) is 27.0 Å². The lowest BCUT2D eigenvalue weighted by Gasteiger charge is -2.16. The van der Waals surface area contributed by atoms with Gasteiger partial charge in [0.2, 0.25) is 0 Å². The molecule has 0 bridgehead atoms. The summed E-state index contributed by atoms with van der Waals surface area (Å²) in [5.74, 6) is 0.901. The van der Waals surface area contributed by atoms with Gasteiger partial charge in [-0.1, -0.05) is 13.0 Å². The van der Waals surface area contributed by atoms with Gasteiger partial charge in [0.05, 0.1) is 20.9 Å². The first-order chi connectivity index (χ1) is 9.65. The van der Waals surface area contributed by atoms with Crippen LogP contribution in [-0.4, -0.2) is 13.7 Å². The van der Waals surface area contributed by atoms with E-state index in [1.54, 1.807) is 11.3 Å². The van der Waals surface area contributed by atoms with E-state index in [0.29, 0.717) is 0 Å². The van der Waals surface area contributed by atoms with Crippen LogP contribution in [-0.2, 0) is 0 Å². The summed E-state index contributed by atoms with van der Waals surface area (Å²) in [6.07, 6.45) is 1.01. The summed E-state index contributed by atoms with van der Waals surface area (Å²) in [6, 6.07) is 10.7. The van der Waals surface area contributed by atoms with Crippen LogP contribution in [0.15, 0.2) is 38.6 Å². The highest BCUT2D eigenvalue weighted by molar-refractivity contribution is 9.11. The van der Waals surface area contributed by atoms with E-state index in [-0.39, 0.29) is 6.04 Å². The van der Waals surface area contributed by atoms with E-state index < -0.39 is 0 Å². The molecular formula is C15H17Br2NOS. The summed E-state index contributed by atoms with van der Waals surface area (Å²) in [5.41, 5.74) is 1.22. The average Bonchev–Trinajstić information content (AvgIpc) is 2.85. The van der Waals surface area contributed by atoms with Crippen molar-refractivity contribution in [3.63, 3.8) is 0 Å². The molecule has 2 rings (SSSR count). The fraction of sp³-hybridized carbons (Fsp3) is 0.333. The number of thiophene rings is 1. The molecule has 0 aliphatic rings. The maximum atomic E-state index is 5.69. The van der Waals surface area contributed by atoms with Crippen molar-refractivity contribution in [3.8, 4) is 5.75 Å². The van der Waals surface area contributed by atoms with E-state index in [1.165, 1.54) is 10.4 Å². The third kappa shape index (κ3) is 3.85. The lowest BCUT2D eigenvalue weighted by Crippen LogP contribution is -2.16. The maximum absolute atomic E-state index is 5.69. The number of nitrogens with one attached hydrogen (secondary N) is 1. The molecule has 108 valence electrons. The number of hydrogen-bond acceptors (Lipinski definition) is 3. The second kappa shape index (κ2) is 7.59. The van der Waals surface area contributed by atoms with Gasteiger partial charge in [0.15, 0.2) is 0 Å². The van der Waals surface area contributed by atoms with Crippen LogP contribution in [0.2, 0.25) is 0 Å². The average molecular weight is 419 g/mol. The summed E-state index contributed by atoms with van der Waals surface area (Å²) in [7, 11) is 1.98. The van der Waals surface area contributed by atoms with Gasteiger partial charge in [-0.2, -0.15) is 0 Å². The van der Waals surface area contributed by atoms with Crippen LogP contribution in [0.4, 0.5) is 0 Å². The topological polar surface area (TPSA) is 21.3 Å². The molecule has 1 aromatic carbocycles. The van der Waals surface area contributed by atoms with Gasteiger partial charge < -0.3 is 10.1 Å². The van der Waals surface area contributed by atoms with Crippen LogP contribution >= 0.6 is 43.2 Å². The van der Waals surface area contributed by atoms with Gasteiger partial charge in [0.25, 0.3) is 0 Å². The molecule has 2 nitrogen and oxygen atoms in total. The first-order valence-corrected chi connectivity index (χ1v) is 8.90. The fourth-order valence-electron chi connectivity index (χ4n) is 1.98. The van der Waals surface area contributed by atoms with Crippen LogP contribution in [0.3, 0.4) is 0 Å². The van der Waals surface area contributed by atoms with Gasteiger partial charge >= 0.3 is 0 Å². The SMILES string of the molecule is CCCOc1ccc(C(NC)c2ccc(Br)s2)cc1Br. The number of benzene rings is 1. The van der Waals surface area contributed by atoms with Crippen molar-refractivity contribution in [1.82, 2.24) is 5.32 Å². The van der Waals surface area contributed by atoms with Gasteiger partial charge in [-0.25, -0.2) is 0 Å². The number of hydrogen-bond donors (Lipinski definition) is 1. The fourth-order valence-corrected chi connectivity index (χ4v) is 4.06. The van der Waals surface area contributed by atoms with E-state index in [2.05, 4.69) is 68.4 Å². The molecule has 1 aromatic heterocycles.